The third-order valence-electron chi connectivity index (χ3n) is 2.68. The molecule has 17 heavy (non-hydrogen) atoms. The Morgan fingerprint density at radius 3 is 2.71 bits per heavy atom. The van der Waals surface area contributed by atoms with Crippen LogP contribution in [0.2, 0.25) is 0 Å². The van der Waals surface area contributed by atoms with Gasteiger partial charge >= 0.3 is 0 Å². The van der Waals surface area contributed by atoms with Crippen molar-refractivity contribution >= 4 is 0 Å². The highest BCUT2D eigenvalue weighted by molar-refractivity contribution is 5.39. The molecule has 0 unspecified atom stereocenters. The Labute approximate surface area is 102 Å². The molecule has 87 valence electrons. The standard InChI is InChI=1S/C15H15O2/c1-12-13(7-6-10-15(12)16-2)11-17-14-8-4-3-5-9-14/h3-8,10H,11H2,1-2H3. The van der Waals surface area contributed by atoms with Gasteiger partial charge in [-0.15, -0.1) is 0 Å². The van der Waals surface area contributed by atoms with Crippen LogP contribution in [0.25, 0.3) is 0 Å². The predicted octanol–water partition coefficient (Wildman–Crippen LogP) is 3.38. The molecule has 0 aromatic heterocycles. The zero-order valence-corrected chi connectivity index (χ0v) is 10.1. The summed E-state index contributed by atoms with van der Waals surface area (Å²) in [6.07, 6.45) is 0. The van der Waals surface area contributed by atoms with Crippen molar-refractivity contribution < 1.29 is 9.47 Å². The van der Waals surface area contributed by atoms with Gasteiger partial charge in [0.05, 0.1) is 7.11 Å². The van der Waals surface area contributed by atoms with Crippen LogP contribution in [0, 0.1) is 13.0 Å². The lowest BCUT2D eigenvalue weighted by atomic mass is 10.1. The summed E-state index contributed by atoms with van der Waals surface area (Å²) in [4.78, 5) is 0. The van der Waals surface area contributed by atoms with Gasteiger partial charge in [0.1, 0.15) is 18.1 Å². The van der Waals surface area contributed by atoms with Crippen molar-refractivity contribution in [3.63, 3.8) is 0 Å². The van der Waals surface area contributed by atoms with Gasteiger partial charge in [0.15, 0.2) is 0 Å². The summed E-state index contributed by atoms with van der Waals surface area (Å²) in [7, 11) is 1.68. The van der Waals surface area contributed by atoms with Crippen LogP contribution in [-0.4, -0.2) is 7.11 Å². The summed E-state index contributed by atoms with van der Waals surface area (Å²) in [5.74, 6) is 1.65. The molecule has 0 aliphatic rings. The fourth-order valence-electron chi connectivity index (χ4n) is 1.66. The fraction of sp³-hybridized carbons (Fsp3) is 0.200. The quantitative estimate of drug-likeness (QED) is 0.797. The van der Waals surface area contributed by atoms with Gasteiger partial charge in [0, 0.05) is 6.07 Å². The number of para-hydroxylation sites is 1. The summed E-state index contributed by atoms with van der Waals surface area (Å²) in [5, 5.41) is 0. The van der Waals surface area contributed by atoms with Gasteiger partial charge in [0.25, 0.3) is 0 Å². The van der Waals surface area contributed by atoms with Crippen molar-refractivity contribution in [2.24, 2.45) is 0 Å². The average Bonchev–Trinajstić information content (AvgIpc) is 2.39. The molecule has 0 saturated carbocycles. The van der Waals surface area contributed by atoms with Crippen LogP contribution in [0.5, 0.6) is 11.5 Å². The molecule has 0 saturated heterocycles. The second-order valence-electron chi connectivity index (χ2n) is 3.76. The second-order valence-corrected chi connectivity index (χ2v) is 3.76. The van der Waals surface area contributed by atoms with E-state index in [0.29, 0.717) is 6.61 Å². The average molecular weight is 227 g/mol. The first kappa shape index (κ1) is 11.5. The van der Waals surface area contributed by atoms with Gasteiger partial charge in [-0.1, -0.05) is 30.3 Å². The van der Waals surface area contributed by atoms with Gasteiger partial charge in [-0.3, -0.25) is 0 Å². The number of ether oxygens (including phenoxy) is 2. The molecule has 2 nitrogen and oxygen atoms in total. The van der Waals surface area contributed by atoms with E-state index in [1.807, 2.05) is 49.4 Å². The van der Waals surface area contributed by atoms with E-state index in [0.717, 1.165) is 22.6 Å². The maximum Gasteiger partial charge on any atom is 0.127 e. The molecule has 1 radical (unpaired) electrons. The molecular weight excluding hydrogens is 212 g/mol. The number of hydrogen-bond donors (Lipinski definition) is 0. The Morgan fingerprint density at radius 1 is 1.12 bits per heavy atom. The Morgan fingerprint density at radius 2 is 2.00 bits per heavy atom. The minimum atomic E-state index is 0.531. The van der Waals surface area contributed by atoms with Gasteiger partial charge in [0.2, 0.25) is 0 Å². The van der Waals surface area contributed by atoms with E-state index < -0.39 is 0 Å². The number of benzene rings is 2. The van der Waals surface area contributed by atoms with E-state index in [4.69, 9.17) is 9.47 Å². The Balaban J connectivity index is 2.09. The van der Waals surface area contributed by atoms with E-state index in [1.165, 1.54) is 0 Å². The minimum Gasteiger partial charge on any atom is -0.496 e. The number of hydrogen-bond acceptors (Lipinski definition) is 2. The summed E-state index contributed by atoms with van der Waals surface area (Å²) in [5.41, 5.74) is 2.24. The molecule has 0 heterocycles. The van der Waals surface area contributed by atoms with Crippen LogP contribution >= 0.6 is 0 Å². The first-order chi connectivity index (χ1) is 8.31. The third kappa shape index (κ3) is 2.78. The van der Waals surface area contributed by atoms with Crippen LogP contribution in [0.1, 0.15) is 11.1 Å². The Kier molecular flexibility index (Phi) is 3.66. The van der Waals surface area contributed by atoms with E-state index >= 15 is 0 Å². The molecule has 0 spiro atoms. The topological polar surface area (TPSA) is 18.5 Å². The molecule has 0 amide bonds. The highest BCUT2D eigenvalue weighted by atomic mass is 16.5. The Hall–Kier alpha value is -1.96. The van der Waals surface area contributed by atoms with Crippen LogP contribution in [-0.2, 0) is 6.61 Å². The maximum absolute atomic E-state index is 5.66. The van der Waals surface area contributed by atoms with Crippen molar-refractivity contribution in [1.29, 1.82) is 0 Å². The lowest BCUT2D eigenvalue weighted by Gasteiger charge is -2.11. The normalized spacial score (nSPS) is 10.0. The van der Waals surface area contributed by atoms with E-state index in [1.54, 1.807) is 7.11 Å². The molecule has 2 heteroatoms. The molecule has 0 bridgehead atoms. The maximum atomic E-state index is 5.66. The minimum absolute atomic E-state index is 0.531. The molecule has 0 atom stereocenters. The van der Waals surface area contributed by atoms with Gasteiger partial charge in [-0.2, -0.15) is 0 Å². The van der Waals surface area contributed by atoms with Crippen molar-refractivity contribution in [1.82, 2.24) is 0 Å². The molecule has 2 aromatic rings. The van der Waals surface area contributed by atoms with Gasteiger partial charge < -0.3 is 9.47 Å². The molecule has 0 N–H and O–H groups in total. The van der Waals surface area contributed by atoms with E-state index in [9.17, 15) is 0 Å². The van der Waals surface area contributed by atoms with Gasteiger partial charge in [-0.05, 0) is 30.2 Å². The molecular formula is C15H15O2. The zero-order chi connectivity index (χ0) is 12.1. The lowest BCUT2D eigenvalue weighted by Crippen LogP contribution is -1.99. The number of rotatable bonds is 4. The molecule has 0 fully saturated rings. The molecule has 2 aromatic carbocycles. The Bertz CT molecular complexity index is 478. The van der Waals surface area contributed by atoms with Gasteiger partial charge in [-0.25, -0.2) is 0 Å². The largest absolute Gasteiger partial charge is 0.496 e. The summed E-state index contributed by atoms with van der Waals surface area (Å²) >= 11 is 0. The second kappa shape index (κ2) is 5.39. The summed E-state index contributed by atoms with van der Waals surface area (Å²) < 4.78 is 10.9. The zero-order valence-electron chi connectivity index (χ0n) is 10.1. The predicted molar refractivity (Wildman–Crippen MR) is 67.3 cm³/mol. The van der Waals surface area contributed by atoms with E-state index in [2.05, 4.69) is 6.07 Å². The fourth-order valence-corrected chi connectivity index (χ4v) is 1.66. The van der Waals surface area contributed by atoms with Crippen LogP contribution in [0.15, 0.2) is 42.5 Å². The summed E-state index contributed by atoms with van der Waals surface area (Å²) in [6.45, 7) is 2.57. The number of methoxy groups -OCH3 is 1. The third-order valence-corrected chi connectivity index (χ3v) is 2.68. The van der Waals surface area contributed by atoms with Crippen molar-refractivity contribution in [2.75, 3.05) is 7.11 Å². The highest BCUT2D eigenvalue weighted by Crippen LogP contribution is 2.22. The lowest BCUT2D eigenvalue weighted by molar-refractivity contribution is 0.303. The summed E-state index contributed by atoms with van der Waals surface area (Å²) in [6, 6.07) is 16.6. The smallest absolute Gasteiger partial charge is 0.127 e. The SMILES string of the molecule is COc1cccc(COc2[c]cccc2)c1C. The highest BCUT2D eigenvalue weighted by Gasteiger charge is 2.04. The molecule has 2 rings (SSSR count). The van der Waals surface area contributed by atoms with Crippen LogP contribution in [0.3, 0.4) is 0 Å². The van der Waals surface area contributed by atoms with Crippen LogP contribution < -0.4 is 9.47 Å². The monoisotopic (exact) mass is 227 g/mol. The molecule has 0 aliphatic carbocycles. The van der Waals surface area contributed by atoms with Crippen molar-refractivity contribution in [3.05, 3.63) is 59.7 Å². The van der Waals surface area contributed by atoms with Crippen molar-refractivity contribution in [3.8, 4) is 11.5 Å². The van der Waals surface area contributed by atoms with E-state index in [-0.39, 0.29) is 0 Å². The first-order valence-electron chi connectivity index (χ1n) is 5.53. The first-order valence-corrected chi connectivity index (χ1v) is 5.53. The molecule has 0 aliphatic heterocycles. The van der Waals surface area contributed by atoms with Crippen LogP contribution in [0.4, 0.5) is 0 Å². The van der Waals surface area contributed by atoms with Crippen molar-refractivity contribution in [2.45, 2.75) is 13.5 Å².